The number of ether oxygens (including phenoxy) is 1. The molecule has 1 heterocycles. The number of hydrogen-bond acceptors (Lipinski definition) is 2. The Hall–Kier alpha value is -0.770. The standard InChI is InChI=1S/C9H18N2O2/c1-4-10-8(12)11-9(3)5-6-13-7(9)2/h7H,4-6H2,1-3H3,(H2,10,11,12). The van der Waals surface area contributed by atoms with E-state index in [1.807, 2.05) is 20.8 Å². The van der Waals surface area contributed by atoms with E-state index in [-0.39, 0.29) is 17.7 Å². The van der Waals surface area contributed by atoms with Gasteiger partial charge in [0, 0.05) is 13.2 Å². The van der Waals surface area contributed by atoms with E-state index in [9.17, 15) is 4.79 Å². The summed E-state index contributed by atoms with van der Waals surface area (Å²) in [6.45, 7) is 7.27. The van der Waals surface area contributed by atoms with Crippen LogP contribution in [0.15, 0.2) is 0 Å². The summed E-state index contributed by atoms with van der Waals surface area (Å²) in [4.78, 5) is 11.3. The van der Waals surface area contributed by atoms with Gasteiger partial charge in [0.2, 0.25) is 0 Å². The molecule has 0 aromatic heterocycles. The quantitative estimate of drug-likeness (QED) is 0.672. The highest BCUT2D eigenvalue weighted by Crippen LogP contribution is 2.24. The summed E-state index contributed by atoms with van der Waals surface area (Å²) in [5, 5.41) is 5.64. The minimum Gasteiger partial charge on any atom is -0.376 e. The highest BCUT2D eigenvalue weighted by molar-refractivity contribution is 5.74. The molecule has 2 N–H and O–H groups in total. The van der Waals surface area contributed by atoms with Gasteiger partial charge in [0.15, 0.2) is 0 Å². The molecule has 2 atom stereocenters. The minimum absolute atomic E-state index is 0.0927. The van der Waals surface area contributed by atoms with Gasteiger partial charge in [-0.25, -0.2) is 4.79 Å². The average molecular weight is 186 g/mol. The molecule has 1 saturated heterocycles. The van der Waals surface area contributed by atoms with Crippen molar-refractivity contribution in [3.05, 3.63) is 0 Å². The lowest BCUT2D eigenvalue weighted by Gasteiger charge is -2.28. The van der Waals surface area contributed by atoms with Gasteiger partial charge in [-0.05, 0) is 27.2 Å². The van der Waals surface area contributed by atoms with Crippen molar-refractivity contribution in [2.45, 2.75) is 38.8 Å². The molecular weight excluding hydrogens is 168 g/mol. The lowest BCUT2D eigenvalue weighted by atomic mass is 9.95. The third-order valence-corrected chi connectivity index (χ3v) is 2.62. The number of amides is 2. The minimum atomic E-state index is -0.209. The third kappa shape index (κ3) is 2.34. The Labute approximate surface area is 79.0 Å². The van der Waals surface area contributed by atoms with Gasteiger partial charge >= 0.3 is 6.03 Å². The maximum Gasteiger partial charge on any atom is 0.315 e. The average Bonchev–Trinajstić information content (AvgIpc) is 2.32. The molecule has 1 aliphatic heterocycles. The zero-order chi connectivity index (χ0) is 9.90. The van der Waals surface area contributed by atoms with E-state index in [0.717, 1.165) is 13.0 Å². The predicted octanol–water partition coefficient (Wildman–Crippen LogP) is 0.873. The Morgan fingerprint density at radius 2 is 2.38 bits per heavy atom. The number of carbonyl (C=O) groups excluding carboxylic acids is 1. The van der Waals surface area contributed by atoms with Crippen LogP contribution < -0.4 is 10.6 Å². The van der Waals surface area contributed by atoms with Crippen LogP contribution in [0, 0.1) is 0 Å². The van der Waals surface area contributed by atoms with E-state index >= 15 is 0 Å². The van der Waals surface area contributed by atoms with Crippen molar-refractivity contribution in [1.82, 2.24) is 10.6 Å². The number of hydrogen-bond donors (Lipinski definition) is 2. The molecule has 4 nitrogen and oxygen atoms in total. The van der Waals surface area contributed by atoms with E-state index in [4.69, 9.17) is 4.74 Å². The summed E-state index contributed by atoms with van der Waals surface area (Å²) in [7, 11) is 0. The van der Waals surface area contributed by atoms with E-state index < -0.39 is 0 Å². The molecule has 0 bridgehead atoms. The molecule has 0 aliphatic carbocycles. The molecule has 0 aromatic rings. The van der Waals surface area contributed by atoms with Gasteiger partial charge in [-0.2, -0.15) is 0 Å². The Morgan fingerprint density at radius 3 is 2.85 bits per heavy atom. The zero-order valence-corrected chi connectivity index (χ0v) is 8.52. The lowest BCUT2D eigenvalue weighted by Crippen LogP contribution is -2.53. The largest absolute Gasteiger partial charge is 0.376 e. The van der Waals surface area contributed by atoms with Crippen LogP contribution >= 0.6 is 0 Å². The van der Waals surface area contributed by atoms with Crippen LogP contribution in [-0.2, 0) is 4.74 Å². The van der Waals surface area contributed by atoms with Gasteiger partial charge in [-0.3, -0.25) is 0 Å². The number of rotatable bonds is 2. The lowest BCUT2D eigenvalue weighted by molar-refractivity contribution is 0.0912. The second-order valence-electron chi connectivity index (χ2n) is 3.66. The van der Waals surface area contributed by atoms with Gasteiger partial charge in [-0.1, -0.05) is 0 Å². The van der Waals surface area contributed by atoms with Crippen molar-refractivity contribution in [3.8, 4) is 0 Å². The van der Waals surface area contributed by atoms with E-state index in [1.54, 1.807) is 0 Å². The fourth-order valence-corrected chi connectivity index (χ4v) is 1.46. The van der Waals surface area contributed by atoms with Crippen molar-refractivity contribution >= 4 is 6.03 Å². The van der Waals surface area contributed by atoms with Gasteiger partial charge in [0.05, 0.1) is 11.6 Å². The van der Waals surface area contributed by atoms with Gasteiger partial charge in [0.25, 0.3) is 0 Å². The van der Waals surface area contributed by atoms with Crippen LogP contribution in [0.25, 0.3) is 0 Å². The Bertz CT molecular complexity index is 196. The maximum absolute atomic E-state index is 11.3. The van der Waals surface area contributed by atoms with Crippen LogP contribution in [0.2, 0.25) is 0 Å². The first kappa shape index (κ1) is 10.3. The zero-order valence-electron chi connectivity index (χ0n) is 8.52. The van der Waals surface area contributed by atoms with Crippen molar-refractivity contribution in [2.75, 3.05) is 13.2 Å². The van der Waals surface area contributed by atoms with Crippen molar-refractivity contribution < 1.29 is 9.53 Å². The number of urea groups is 1. The Kier molecular flexibility index (Phi) is 3.14. The molecule has 1 aliphatic rings. The summed E-state index contributed by atoms with van der Waals surface area (Å²) in [5.74, 6) is 0. The second kappa shape index (κ2) is 3.96. The summed E-state index contributed by atoms with van der Waals surface area (Å²) in [5.41, 5.74) is -0.209. The monoisotopic (exact) mass is 186 g/mol. The summed E-state index contributed by atoms with van der Waals surface area (Å²) in [6, 6.07) is -0.109. The third-order valence-electron chi connectivity index (χ3n) is 2.62. The van der Waals surface area contributed by atoms with Crippen molar-refractivity contribution in [3.63, 3.8) is 0 Å². The number of nitrogens with one attached hydrogen (secondary N) is 2. The fraction of sp³-hybridized carbons (Fsp3) is 0.889. The SMILES string of the molecule is CCNC(=O)NC1(C)CCOC1C. The molecule has 4 heteroatoms. The van der Waals surface area contributed by atoms with Crippen LogP contribution in [0.1, 0.15) is 27.2 Å². The molecule has 2 unspecified atom stereocenters. The predicted molar refractivity (Wildman–Crippen MR) is 50.6 cm³/mol. The van der Waals surface area contributed by atoms with Crippen molar-refractivity contribution in [1.29, 1.82) is 0 Å². The molecule has 0 spiro atoms. The second-order valence-corrected chi connectivity index (χ2v) is 3.66. The van der Waals surface area contributed by atoms with Crippen molar-refractivity contribution in [2.24, 2.45) is 0 Å². The molecule has 1 rings (SSSR count). The highest BCUT2D eigenvalue weighted by Gasteiger charge is 2.38. The van der Waals surface area contributed by atoms with Crippen LogP contribution in [0.3, 0.4) is 0 Å². The molecule has 76 valence electrons. The normalized spacial score (nSPS) is 33.0. The summed E-state index contributed by atoms with van der Waals surface area (Å²) < 4.78 is 5.40. The van der Waals surface area contributed by atoms with Gasteiger partial charge in [-0.15, -0.1) is 0 Å². The summed E-state index contributed by atoms with van der Waals surface area (Å²) >= 11 is 0. The highest BCUT2D eigenvalue weighted by atomic mass is 16.5. The van der Waals surface area contributed by atoms with Gasteiger partial charge < -0.3 is 15.4 Å². The number of carbonyl (C=O) groups is 1. The maximum atomic E-state index is 11.3. The fourth-order valence-electron chi connectivity index (χ4n) is 1.46. The molecule has 0 radical (unpaired) electrons. The van der Waals surface area contributed by atoms with E-state index in [1.165, 1.54) is 0 Å². The topological polar surface area (TPSA) is 50.4 Å². The smallest absolute Gasteiger partial charge is 0.315 e. The van der Waals surface area contributed by atoms with E-state index in [2.05, 4.69) is 10.6 Å². The van der Waals surface area contributed by atoms with E-state index in [0.29, 0.717) is 6.54 Å². The molecular formula is C9H18N2O2. The first-order chi connectivity index (χ1) is 6.08. The van der Waals surface area contributed by atoms with Crippen LogP contribution in [0.4, 0.5) is 4.79 Å². The van der Waals surface area contributed by atoms with Gasteiger partial charge in [0.1, 0.15) is 0 Å². The first-order valence-electron chi connectivity index (χ1n) is 4.76. The first-order valence-corrected chi connectivity index (χ1v) is 4.76. The summed E-state index contributed by atoms with van der Waals surface area (Å²) in [6.07, 6.45) is 0.973. The molecule has 1 fully saturated rings. The Balaban J connectivity index is 2.46. The Morgan fingerprint density at radius 1 is 1.69 bits per heavy atom. The molecule has 0 aromatic carbocycles. The molecule has 0 saturated carbocycles. The van der Waals surface area contributed by atoms with Crippen LogP contribution in [-0.4, -0.2) is 30.8 Å². The van der Waals surface area contributed by atoms with Crippen LogP contribution in [0.5, 0.6) is 0 Å². The molecule has 2 amide bonds. The molecule has 13 heavy (non-hydrogen) atoms.